The molecule has 2 fully saturated rings. The molecule has 7 heteroatoms. The molecule has 2 amide bonds. The maximum Gasteiger partial charge on any atom is 0.261 e. The molecule has 130 valence electrons. The van der Waals surface area contributed by atoms with E-state index in [2.05, 4.69) is 10.3 Å². The topological polar surface area (TPSA) is 71.5 Å². The van der Waals surface area contributed by atoms with Crippen molar-refractivity contribution in [1.82, 2.24) is 15.2 Å². The molecule has 1 N–H and O–H groups in total. The van der Waals surface area contributed by atoms with Gasteiger partial charge in [-0.2, -0.15) is 0 Å². The summed E-state index contributed by atoms with van der Waals surface area (Å²) in [5, 5.41) is 5.00. The zero-order chi connectivity index (χ0) is 17.4. The van der Waals surface area contributed by atoms with Crippen LogP contribution in [0.5, 0.6) is 5.88 Å². The van der Waals surface area contributed by atoms with Gasteiger partial charge < -0.3 is 15.0 Å². The number of carbonyl (C=O) groups excluding carboxylic acids is 2. The molecule has 0 aromatic carbocycles. The van der Waals surface area contributed by atoms with Crippen molar-refractivity contribution in [3.05, 3.63) is 46.3 Å². The number of thiophene rings is 1. The average molecular weight is 357 g/mol. The van der Waals surface area contributed by atoms with E-state index in [1.54, 1.807) is 25.4 Å². The summed E-state index contributed by atoms with van der Waals surface area (Å²) in [5.74, 6) is 0.859. The minimum absolute atomic E-state index is 0.0171. The number of amides is 2. The lowest BCUT2D eigenvalue weighted by atomic mass is 10.0. The Labute approximate surface area is 149 Å². The first-order valence-corrected chi connectivity index (χ1v) is 9.19. The van der Waals surface area contributed by atoms with Gasteiger partial charge in [-0.05, 0) is 36.3 Å². The van der Waals surface area contributed by atoms with Crippen LogP contribution in [0, 0.1) is 5.92 Å². The molecule has 4 rings (SSSR count). The molecule has 6 nitrogen and oxygen atoms in total. The first-order valence-electron chi connectivity index (χ1n) is 8.31. The van der Waals surface area contributed by atoms with Crippen LogP contribution in [0.2, 0.25) is 0 Å². The van der Waals surface area contributed by atoms with Gasteiger partial charge in [0, 0.05) is 24.8 Å². The summed E-state index contributed by atoms with van der Waals surface area (Å²) >= 11 is 1.43. The number of carbonyl (C=O) groups is 2. The summed E-state index contributed by atoms with van der Waals surface area (Å²) in [5.41, 5.74) is 0.552. The summed E-state index contributed by atoms with van der Waals surface area (Å²) in [6.45, 7) is 0.751. The van der Waals surface area contributed by atoms with E-state index < -0.39 is 0 Å². The lowest BCUT2D eigenvalue weighted by Gasteiger charge is -2.33. The van der Waals surface area contributed by atoms with Crippen molar-refractivity contribution in [2.45, 2.75) is 24.9 Å². The van der Waals surface area contributed by atoms with Gasteiger partial charge in [-0.25, -0.2) is 4.98 Å². The van der Waals surface area contributed by atoms with E-state index in [-0.39, 0.29) is 23.9 Å². The normalized spacial score (nSPS) is 24.4. The highest BCUT2D eigenvalue weighted by Crippen LogP contribution is 2.38. The van der Waals surface area contributed by atoms with Gasteiger partial charge in [0.05, 0.1) is 23.6 Å². The van der Waals surface area contributed by atoms with Gasteiger partial charge in [0.2, 0.25) is 5.88 Å². The van der Waals surface area contributed by atoms with E-state index in [9.17, 15) is 9.59 Å². The van der Waals surface area contributed by atoms with Crippen LogP contribution in [-0.4, -0.2) is 47.4 Å². The van der Waals surface area contributed by atoms with Gasteiger partial charge in [0.25, 0.3) is 11.8 Å². The number of piperidine rings is 1. The molecule has 3 atom stereocenters. The highest BCUT2D eigenvalue weighted by atomic mass is 32.1. The van der Waals surface area contributed by atoms with Crippen LogP contribution in [0.3, 0.4) is 0 Å². The molecule has 25 heavy (non-hydrogen) atoms. The number of nitrogens with one attached hydrogen (secondary N) is 1. The van der Waals surface area contributed by atoms with Crippen molar-refractivity contribution in [2.24, 2.45) is 5.92 Å². The molecular formula is C18H19N3O3S. The molecule has 0 radical (unpaired) electrons. The van der Waals surface area contributed by atoms with E-state index in [0.717, 1.165) is 19.4 Å². The predicted molar refractivity (Wildman–Crippen MR) is 93.9 cm³/mol. The maximum absolute atomic E-state index is 12.8. The zero-order valence-electron chi connectivity index (χ0n) is 13.8. The highest BCUT2D eigenvalue weighted by molar-refractivity contribution is 7.12. The fourth-order valence-corrected chi connectivity index (χ4v) is 4.48. The number of rotatable bonds is 4. The minimum Gasteiger partial charge on any atom is -0.481 e. The Bertz CT molecular complexity index is 775. The van der Waals surface area contributed by atoms with Crippen LogP contribution in [0.1, 0.15) is 32.9 Å². The van der Waals surface area contributed by atoms with E-state index in [1.807, 2.05) is 22.4 Å². The van der Waals surface area contributed by atoms with Crippen LogP contribution in [0.4, 0.5) is 0 Å². The van der Waals surface area contributed by atoms with Gasteiger partial charge in [-0.1, -0.05) is 6.07 Å². The second kappa shape index (κ2) is 6.48. The SMILES string of the molecule is COc1ccc(C(=O)N2C[C@@H]3C[C@H](NC(=O)c4cccs4)[C@H]2C3)cn1. The zero-order valence-corrected chi connectivity index (χ0v) is 14.7. The molecule has 2 aliphatic rings. The Balaban J connectivity index is 1.46. The summed E-state index contributed by atoms with van der Waals surface area (Å²) in [6, 6.07) is 7.19. The summed E-state index contributed by atoms with van der Waals surface area (Å²) in [6.07, 6.45) is 3.43. The molecule has 1 aliphatic heterocycles. The average Bonchev–Trinajstić information content (AvgIpc) is 3.37. The van der Waals surface area contributed by atoms with Crippen molar-refractivity contribution in [1.29, 1.82) is 0 Å². The van der Waals surface area contributed by atoms with Crippen LogP contribution in [-0.2, 0) is 0 Å². The van der Waals surface area contributed by atoms with Crippen LogP contribution >= 0.6 is 11.3 Å². The molecule has 1 saturated heterocycles. The third-order valence-electron chi connectivity index (χ3n) is 5.00. The van der Waals surface area contributed by atoms with Gasteiger partial charge in [0.1, 0.15) is 0 Å². The number of pyridine rings is 1. The molecule has 1 saturated carbocycles. The van der Waals surface area contributed by atoms with E-state index >= 15 is 0 Å². The van der Waals surface area contributed by atoms with E-state index in [0.29, 0.717) is 22.2 Å². The van der Waals surface area contributed by atoms with Crippen LogP contribution in [0.15, 0.2) is 35.8 Å². The van der Waals surface area contributed by atoms with Crippen LogP contribution in [0.25, 0.3) is 0 Å². The van der Waals surface area contributed by atoms with Crippen molar-refractivity contribution < 1.29 is 14.3 Å². The Morgan fingerprint density at radius 1 is 1.32 bits per heavy atom. The Morgan fingerprint density at radius 3 is 2.84 bits per heavy atom. The molecule has 1 aliphatic carbocycles. The van der Waals surface area contributed by atoms with Crippen molar-refractivity contribution in [2.75, 3.05) is 13.7 Å². The molecule has 2 aromatic heterocycles. The maximum atomic E-state index is 12.8. The molecule has 0 spiro atoms. The van der Waals surface area contributed by atoms with E-state index in [1.165, 1.54) is 11.3 Å². The van der Waals surface area contributed by atoms with Crippen LogP contribution < -0.4 is 10.1 Å². The van der Waals surface area contributed by atoms with Gasteiger partial charge in [0.15, 0.2) is 0 Å². The van der Waals surface area contributed by atoms with Crippen molar-refractivity contribution >= 4 is 23.2 Å². The monoisotopic (exact) mass is 357 g/mol. The largest absolute Gasteiger partial charge is 0.481 e. The second-order valence-corrected chi connectivity index (χ2v) is 7.46. The third-order valence-corrected chi connectivity index (χ3v) is 5.87. The second-order valence-electron chi connectivity index (χ2n) is 6.51. The predicted octanol–water partition coefficient (Wildman–Crippen LogP) is 2.18. The number of aromatic nitrogens is 1. The summed E-state index contributed by atoms with van der Waals surface area (Å²) < 4.78 is 5.04. The standard InChI is InChI=1S/C18H19N3O3S/c1-24-16-5-4-12(9-19-16)18(23)21-10-11-7-13(14(21)8-11)20-17(22)15-3-2-6-25-15/h2-6,9,11,13-14H,7-8,10H2,1H3,(H,20,22)/t11-,13+,14-/m1/s1. The number of methoxy groups -OCH3 is 1. The number of hydrogen-bond acceptors (Lipinski definition) is 5. The Hall–Kier alpha value is -2.41. The summed E-state index contributed by atoms with van der Waals surface area (Å²) in [4.78, 5) is 31.9. The van der Waals surface area contributed by atoms with E-state index in [4.69, 9.17) is 4.74 Å². The van der Waals surface area contributed by atoms with Gasteiger partial charge in [-0.15, -0.1) is 11.3 Å². The number of likely N-dealkylation sites (tertiary alicyclic amines) is 1. The smallest absolute Gasteiger partial charge is 0.261 e. The highest BCUT2D eigenvalue weighted by Gasteiger charge is 2.47. The molecular weight excluding hydrogens is 338 g/mol. The number of fused-ring (bicyclic) bond motifs is 2. The van der Waals surface area contributed by atoms with Gasteiger partial charge in [-0.3, -0.25) is 9.59 Å². The fourth-order valence-electron chi connectivity index (χ4n) is 3.85. The number of ether oxygens (including phenoxy) is 1. The molecule has 2 aromatic rings. The van der Waals surface area contributed by atoms with Crippen molar-refractivity contribution in [3.8, 4) is 5.88 Å². The quantitative estimate of drug-likeness (QED) is 0.910. The minimum atomic E-state index is -0.0499. The number of hydrogen-bond donors (Lipinski definition) is 1. The Morgan fingerprint density at radius 2 is 2.20 bits per heavy atom. The third kappa shape index (κ3) is 3.00. The van der Waals surface area contributed by atoms with Crippen molar-refractivity contribution in [3.63, 3.8) is 0 Å². The first-order chi connectivity index (χ1) is 12.2. The van der Waals surface area contributed by atoms with Gasteiger partial charge >= 0.3 is 0 Å². The lowest BCUT2D eigenvalue weighted by molar-refractivity contribution is 0.0648. The molecule has 0 unspecified atom stereocenters. The first kappa shape index (κ1) is 16.1. The summed E-state index contributed by atoms with van der Waals surface area (Å²) in [7, 11) is 1.55. The number of nitrogens with zero attached hydrogens (tertiary/aromatic N) is 2. The lowest BCUT2D eigenvalue weighted by Crippen LogP contribution is -2.51. The Kier molecular flexibility index (Phi) is 4.17. The molecule has 3 heterocycles. The fraction of sp³-hybridized carbons (Fsp3) is 0.389. The molecule has 2 bridgehead atoms.